The molecule has 0 unspecified atom stereocenters. The smallest absolute Gasteiger partial charge is 0.174 e. The van der Waals surface area contributed by atoms with Gasteiger partial charge in [0.1, 0.15) is 11.5 Å². The molecule has 3 rings (SSSR count). The Labute approximate surface area is 188 Å². The number of halogens is 1. The first-order chi connectivity index (χ1) is 14.5. The largest absolute Gasteiger partial charge is 0.497 e. The van der Waals surface area contributed by atoms with Gasteiger partial charge in [0.05, 0.1) is 19.9 Å². The van der Waals surface area contributed by atoms with Crippen molar-refractivity contribution in [3.8, 4) is 11.5 Å². The third-order valence-electron chi connectivity index (χ3n) is 4.70. The number of rotatable bonds is 7. The van der Waals surface area contributed by atoms with Gasteiger partial charge in [-0.15, -0.1) is 0 Å². The summed E-state index contributed by atoms with van der Waals surface area (Å²) in [6.07, 6.45) is 0. The van der Waals surface area contributed by atoms with Crippen molar-refractivity contribution in [3.05, 3.63) is 88.4 Å². The quantitative estimate of drug-likeness (QED) is 0.451. The molecule has 156 valence electrons. The zero-order valence-electron chi connectivity index (χ0n) is 17.3. The number of hydrogen-bond donors (Lipinski definition) is 1. The molecule has 0 spiro atoms. The van der Waals surface area contributed by atoms with Crippen LogP contribution < -0.4 is 14.8 Å². The van der Waals surface area contributed by atoms with Crippen molar-refractivity contribution in [1.29, 1.82) is 0 Å². The van der Waals surface area contributed by atoms with Crippen LogP contribution in [-0.4, -0.2) is 24.2 Å². The van der Waals surface area contributed by atoms with Crippen molar-refractivity contribution in [1.82, 2.24) is 4.90 Å². The average Bonchev–Trinajstić information content (AvgIpc) is 2.75. The first kappa shape index (κ1) is 21.9. The molecule has 3 aromatic rings. The van der Waals surface area contributed by atoms with Gasteiger partial charge in [0.2, 0.25) is 0 Å². The maximum absolute atomic E-state index is 6.05. The molecule has 0 heterocycles. The zero-order chi connectivity index (χ0) is 21.5. The molecular formula is C24H25ClN2O2S. The molecule has 0 aliphatic heterocycles. The SMILES string of the molecule is COc1ccc(CN(Cc2ccc(Cl)cc2)C(=S)Nc2cc(C)ccc2OC)cc1. The Morgan fingerprint density at radius 1 is 0.900 bits per heavy atom. The summed E-state index contributed by atoms with van der Waals surface area (Å²) in [5.41, 5.74) is 4.22. The molecular weight excluding hydrogens is 416 g/mol. The lowest BCUT2D eigenvalue weighted by Gasteiger charge is -2.27. The lowest BCUT2D eigenvalue weighted by atomic mass is 10.1. The van der Waals surface area contributed by atoms with E-state index in [0.717, 1.165) is 33.9 Å². The van der Waals surface area contributed by atoms with E-state index in [1.165, 1.54) is 0 Å². The van der Waals surface area contributed by atoms with Crippen LogP contribution in [0.15, 0.2) is 66.7 Å². The number of anilines is 1. The zero-order valence-corrected chi connectivity index (χ0v) is 18.9. The molecule has 3 aromatic carbocycles. The molecule has 0 atom stereocenters. The number of nitrogens with zero attached hydrogens (tertiary/aromatic N) is 1. The van der Waals surface area contributed by atoms with Gasteiger partial charge in [-0.25, -0.2) is 0 Å². The van der Waals surface area contributed by atoms with Gasteiger partial charge in [-0.3, -0.25) is 0 Å². The summed E-state index contributed by atoms with van der Waals surface area (Å²) in [4.78, 5) is 2.11. The molecule has 1 N–H and O–H groups in total. The molecule has 0 radical (unpaired) electrons. The second-order valence-corrected chi connectivity index (χ2v) is 7.79. The van der Waals surface area contributed by atoms with Gasteiger partial charge in [0.25, 0.3) is 0 Å². The number of ether oxygens (including phenoxy) is 2. The number of nitrogens with one attached hydrogen (secondary N) is 1. The van der Waals surface area contributed by atoms with Crippen LogP contribution in [0.2, 0.25) is 5.02 Å². The van der Waals surface area contributed by atoms with Crippen LogP contribution in [0.5, 0.6) is 11.5 Å². The normalized spacial score (nSPS) is 10.4. The Morgan fingerprint density at radius 3 is 2.07 bits per heavy atom. The van der Waals surface area contributed by atoms with Gasteiger partial charge in [-0.1, -0.05) is 41.9 Å². The summed E-state index contributed by atoms with van der Waals surface area (Å²) in [5, 5.41) is 4.69. The van der Waals surface area contributed by atoms with E-state index in [-0.39, 0.29) is 0 Å². The number of benzene rings is 3. The Hall–Kier alpha value is -2.76. The van der Waals surface area contributed by atoms with E-state index in [0.29, 0.717) is 23.2 Å². The fraction of sp³-hybridized carbons (Fsp3) is 0.208. The summed E-state index contributed by atoms with van der Waals surface area (Å²) in [7, 11) is 3.32. The van der Waals surface area contributed by atoms with Crippen LogP contribution in [0.4, 0.5) is 5.69 Å². The summed E-state index contributed by atoms with van der Waals surface area (Å²) in [6.45, 7) is 3.33. The molecule has 30 heavy (non-hydrogen) atoms. The number of methoxy groups -OCH3 is 2. The lowest BCUT2D eigenvalue weighted by Crippen LogP contribution is -2.34. The van der Waals surface area contributed by atoms with Gasteiger partial charge >= 0.3 is 0 Å². The fourth-order valence-corrected chi connectivity index (χ4v) is 3.44. The highest BCUT2D eigenvalue weighted by Gasteiger charge is 2.14. The minimum atomic E-state index is 0.615. The minimum absolute atomic E-state index is 0.615. The van der Waals surface area contributed by atoms with Crippen molar-refractivity contribution < 1.29 is 9.47 Å². The number of hydrogen-bond acceptors (Lipinski definition) is 3. The molecule has 0 aliphatic rings. The van der Waals surface area contributed by atoms with Crippen molar-refractivity contribution in [2.45, 2.75) is 20.0 Å². The van der Waals surface area contributed by atoms with Crippen molar-refractivity contribution in [2.75, 3.05) is 19.5 Å². The minimum Gasteiger partial charge on any atom is -0.497 e. The summed E-state index contributed by atoms with van der Waals surface area (Å²) in [5.74, 6) is 1.58. The van der Waals surface area contributed by atoms with Gasteiger partial charge in [-0.2, -0.15) is 0 Å². The van der Waals surface area contributed by atoms with E-state index in [4.69, 9.17) is 33.3 Å². The van der Waals surface area contributed by atoms with Crippen molar-refractivity contribution in [3.63, 3.8) is 0 Å². The highest BCUT2D eigenvalue weighted by Crippen LogP contribution is 2.26. The topological polar surface area (TPSA) is 33.7 Å². The third-order valence-corrected chi connectivity index (χ3v) is 5.32. The fourth-order valence-electron chi connectivity index (χ4n) is 3.07. The molecule has 0 aromatic heterocycles. The van der Waals surface area contributed by atoms with Gasteiger partial charge in [-0.05, 0) is 72.2 Å². The molecule has 4 nitrogen and oxygen atoms in total. The van der Waals surface area contributed by atoms with E-state index in [1.807, 2.05) is 73.7 Å². The van der Waals surface area contributed by atoms with E-state index >= 15 is 0 Å². The third kappa shape index (κ3) is 5.88. The Morgan fingerprint density at radius 2 is 1.50 bits per heavy atom. The van der Waals surface area contributed by atoms with Gasteiger partial charge in [0, 0.05) is 18.1 Å². The molecule has 6 heteroatoms. The summed E-state index contributed by atoms with van der Waals surface area (Å²) < 4.78 is 10.8. The van der Waals surface area contributed by atoms with Gasteiger partial charge in [0.15, 0.2) is 5.11 Å². The van der Waals surface area contributed by atoms with Crippen LogP contribution in [0, 0.1) is 6.92 Å². The highest BCUT2D eigenvalue weighted by molar-refractivity contribution is 7.80. The summed E-state index contributed by atoms with van der Waals surface area (Å²) in [6, 6.07) is 21.8. The maximum atomic E-state index is 6.05. The monoisotopic (exact) mass is 440 g/mol. The Balaban J connectivity index is 1.84. The standard InChI is InChI=1S/C24H25ClN2O2S/c1-17-4-13-23(29-3)22(14-17)26-24(30)27(15-18-5-9-20(25)10-6-18)16-19-7-11-21(28-2)12-8-19/h4-14H,15-16H2,1-3H3,(H,26,30). The van der Waals surface area contributed by atoms with Crippen molar-refractivity contribution in [2.24, 2.45) is 0 Å². The Bertz CT molecular complexity index is 991. The molecule has 0 fully saturated rings. The number of thiocarbonyl (C=S) groups is 1. The maximum Gasteiger partial charge on any atom is 0.174 e. The van der Waals surface area contributed by atoms with Crippen LogP contribution in [0.1, 0.15) is 16.7 Å². The van der Waals surface area contributed by atoms with Crippen LogP contribution >= 0.6 is 23.8 Å². The second kappa shape index (κ2) is 10.3. The predicted octanol–water partition coefficient (Wildman–Crippen LogP) is 6.06. The Kier molecular flexibility index (Phi) is 7.55. The van der Waals surface area contributed by atoms with Crippen LogP contribution in [0.25, 0.3) is 0 Å². The lowest BCUT2D eigenvalue weighted by molar-refractivity contribution is 0.405. The van der Waals surface area contributed by atoms with Crippen LogP contribution in [-0.2, 0) is 13.1 Å². The van der Waals surface area contributed by atoms with Crippen LogP contribution in [0.3, 0.4) is 0 Å². The highest BCUT2D eigenvalue weighted by atomic mass is 35.5. The first-order valence-corrected chi connectivity index (χ1v) is 10.3. The molecule has 0 amide bonds. The van der Waals surface area contributed by atoms with E-state index in [2.05, 4.69) is 10.2 Å². The molecule has 0 saturated carbocycles. The predicted molar refractivity (Wildman–Crippen MR) is 128 cm³/mol. The summed E-state index contributed by atoms with van der Waals surface area (Å²) >= 11 is 11.8. The van der Waals surface area contributed by atoms with E-state index < -0.39 is 0 Å². The molecule has 0 saturated heterocycles. The number of aryl methyl sites for hydroxylation is 1. The van der Waals surface area contributed by atoms with E-state index in [9.17, 15) is 0 Å². The first-order valence-electron chi connectivity index (χ1n) is 9.56. The van der Waals surface area contributed by atoms with Crippen molar-refractivity contribution >= 4 is 34.6 Å². The van der Waals surface area contributed by atoms with Gasteiger partial charge < -0.3 is 19.7 Å². The van der Waals surface area contributed by atoms with E-state index in [1.54, 1.807) is 14.2 Å². The molecule has 0 aliphatic carbocycles. The second-order valence-electron chi connectivity index (χ2n) is 6.96. The molecule has 0 bridgehead atoms. The average molecular weight is 441 g/mol.